The molecule has 1 fully saturated rings. The summed E-state index contributed by atoms with van der Waals surface area (Å²) in [5.41, 5.74) is 1.32. The Hall–Kier alpha value is -1.02. The Labute approximate surface area is 111 Å². The van der Waals surface area contributed by atoms with Crippen LogP contribution in [-0.4, -0.2) is 19.2 Å². The lowest BCUT2D eigenvalue weighted by atomic mass is 9.85. The fourth-order valence-electron chi connectivity index (χ4n) is 3.10. The maximum Gasteiger partial charge on any atom is 0.122 e. The van der Waals surface area contributed by atoms with Crippen LogP contribution in [-0.2, 0) is 6.42 Å². The van der Waals surface area contributed by atoms with Crippen molar-refractivity contribution in [3.8, 4) is 5.75 Å². The van der Waals surface area contributed by atoms with Crippen molar-refractivity contribution >= 4 is 0 Å². The van der Waals surface area contributed by atoms with E-state index in [1.165, 1.54) is 24.8 Å². The van der Waals surface area contributed by atoms with Crippen LogP contribution in [0.2, 0.25) is 0 Å². The van der Waals surface area contributed by atoms with Crippen LogP contribution in [0.3, 0.4) is 0 Å². The Balaban J connectivity index is 2.04. The van der Waals surface area contributed by atoms with Crippen LogP contribution in [0, 0.1) is 5.92 Å². The lowest BCUT2D eigenvalue weighted by molar-refractivity contribution is 0.248. The van der Waals surface area contributed by atoms with Gasteiger partial charge in [-0.25, -0.2) is 0 Å². The summed E-state index contributed by atoms with van der Waals surface area (Å²) in [6.45, 7) is 4.65. The van der Waals surface area contributed by atoms with Crippen molar-refractivity contribution in [2.75, 3.05) is 7.11 Å². The Kier molecular flexibility index (Phi) is 4.65. The SMILES string of the molecule is CC[C@@H]1C[C@H](C)C[C@H](Cc2ccccc2OC)N1. The first-order chi connectivity index (χ1) is 8.72. The third-order valence-corrected chi connectivity index (χ3v) is 4.00. The van der Waals surface area contributed by atoms with Crippen LogP contribution in [0.4, 0.5) is 0 Å². The molecule has 0 amide bonds. The standard InChI is InChI=1S/C16H25NO/c1-4-14-9-12(2)10-15(17-14)11-13-7-5-6-8-16(13)18-3/h5-8,12,14-15,17H,4,9-11H2,1-3H3/t12-,14+,15+/m0/s1. The number of benzene rings is 1. The number of nitrogens with one attached hydrogen (secondary N) is 1. The van der Waals surface area contributed by atoms with E-state index in [0.717, 1.165) is 18.1 Å². The zero-order valence-electron chi connectivity index (χ0n) is 11.8. The quantitative estimate of drug-likeness (QED) is 0.880. The maximum atomic E-state index is 5.44. The average Bonchev–Trinajstić information content (AvgIpc) is 2.38. The molecule has 1 aliphatic rings. The highest BCUT2D eigenvalue weighted by molar-refractivity contribution is 5.33. The molecule has 3 atom stereocenters. The van der Waals surface area contributed by atoms with Gasteiger partial charge in [-0.1, -0.05) is 32.0 Å². The highest BCUT2D eigenvalue weighted by atomic mass is 16.5. The lowest BCUT2D eigenvalue weighted by Crippen LogP contribution is -2.45. The van der Waals surface area contributed by atoms with Gasteiger partial charge < -0.3 is 10.1 Å². The Morgan fingerprint density at radius 1 is 1.22 bits per heavy atom. The van der Waals surface area contributed by atoms with Gasteiger partial charge in [0.1, 0.15) is 5.75 Å². The van der Waals surface area contributed by atoms with Crippen molar-refractivity contribution < 1.29 is 4.74 Å². The van der Waals surface area contributed by atoms with E-state index in [-0.39, 0.29) is 0 Å². The van der Waals surface area contributed by atoms with Crippen molar-refractivity contribution in [1.82, 2.24) is 5.32 Å². The molecule has 0 radical (unpaired) electrons. The average molecular weight is 247 g/mol. The van der Waals surface area contributed by atoms with Gasteiger partial charge >= 0.3 is 0 Å². The molecule has 1 aromatic carbocycles. The Bertz CT molecular complexity index is 377. The molecule has 0 bridgehead atoms. The summed E-state index contributed by atoms with van der Waals surface area (Å²) in [6.07, 6.45) is 4.89. The van der Waals surface area contributed by atoms with Gasteiger partial charge in [0.25, 0.3) is 0 Å². The summed E-state index contributed by atoms with van der Waals surface area (Å²) in [5, 5.41) is 3.78. The van der Waals surface area contributed by atoms with E-state index in [2.05, 4.69) is 37.4 Å². The van der Waals surface area contributed by atoms with E-state index in [4.69, 9.17) is 4.74 Å². The third kappa shape index (κ3) is 3.26. The monoisotopic (exact) mass is 247 g/mol. The fourth-order valence-corrected chi connectivity index (χ4v) is 3.10. The molecule has 18 heavy (non-hydrogen) atoms. The number of rotatable bonds is 4. The molecular formula is C16H25NO. The zero-order chi connectivity index (χ0) is 13.0. The van der Waals surface area contributed by atoms with Crippen LogP contribution in [0.5, 0.6) is 5.75 Å². The number of para-hydroxylation sites is 1. The predicted molar refractivity (Wildman–Crippen MR) is 76.1 cm³/mol. The van der Waals surface area contributed by atoms with Crippen LogP contribution in [0.15, 0.2) is 24.3 Å². The predicted octanol–water partition coefficient (Wildman–Crippen LogP) is 3.40. The van der Waals surface area contributed by atoms with E-state index in [1.807, 2.05) is 6.07 Å². The van der Waals surface area contributed by atoms with Crippen LogP contribution in [0.25, 0.3) is 0 Å². The summed E-state index contributed by atoms with van der Waals surface area (Å²) in [4.78, 5) is 0. The van der Waals surface area contributed by atoms with Gasteiger partial charge in [-0.3, -0.25) is 0 Å². The molecule has 1 heterocycles. The number of ether oxygens (including phenoxy) is 1. The highest BCUT2D eigenvalue weighted by Gasteiger charge is 2.25. The van der Waals surface area contributed by atoms with E-state index in [0.29, 0.717) is 12.1 Å². The molecular weight excluding hydrogens is 222 g/mol. The molecule has 1 aliphatic heterocycles. The van der Waals surface area contributed by atoms with Gasteiger partial charge in [0.15, 0.2) is 0 Å². The second-order valence-electron chi connectivity index (χ2n) is 5.56. The minimum atomic E-state index is 0.593. The smallest absolute Gasteiger partial charge is 0.122 e. The largest absolute Gasteiger partial charge is 0.496 e. The second-order valence-corrected chi connectivity index (χ2v) is 5.56. The second kappa shape index (κ2) is 6.24. The van der Waals surface area contributed by atoms with Crippen LogP contribution >= 0.6 is 0 Å². The van der Waals surface area contributed by atoms with E-state index in [9.17, 15) is 0 Å². The Morgan fingerprint density at radius 2 is 1.94 bits per heavy atom. The van der Waals surface area contributed by atoms with E-state index < -0.39 is 0 Å². The summed E-state index contributed by atoms with van der Waals surface area (Å²) < 4.78 is 5.44. The molecule has 100 valence electrons. The molecule has 0 saturated carbocycles. The first-order valence-corrected chi connectivity index (χ1v) is 7.10. The van der Waals surface area contributed by atoms with Crippen LogP contribution < -0.4 is 10.1 Å². The van der Waals surface area contributed by atoms with Gasteiger partial charge in [-0.2, -0.15) is 0 Å². The van der Waals surface area contributed by atoms with Crippen LogP contribution in [0.1, 0.15) is 38.7 Å². The lowest BCUT2D eigenvalue weighted by Gasteiger charge is -2.34. The molecule has 0 spiro atoms. The van der Waals surface area contributed by atoms with Crippen molar-refractivity contribution in [2.45, 2.75) is 51.6 Å². The third-order valence-electron chi connectivity index (χ3n) is 4.00. The molecule has 0 aromatic heterocycles. The van der Waals surface area contributed by atoms with Crippen molar-refractivity contribution in [2.24, 2.45) is 5.92 Å². The number of hydrogen-bond acceptors (Lipinski definition) is 2. The maximum absolute atomic E-state index is 5.44. The van der Waals surface area contributed by atoms with Gasteiger partial charge in [-0.15, -0.1) is 0 Å². The van der Waals surface area contributed by atoms with Crippen molar-refractivity contribution in [3.63, 3.8) is 0 Å². The summed E-state index contributed by atoms with van der Waals surface area (Å²) in [6, 6.07) is 9.65. The number of piperidine rings is 1. The molecule has 1 N–H and O–H groups in total. The molecule has 0 unspecified atom stereocenters. The molecule has 0 aliphatic carbocycles. The first kappa shape index (κ1) is 13.4. The van der Waals surface area contributed by atoms with Gasteiger partial charge in [0, 0.05) is 12.1 Å². The van der Waals surface area contributed by atoms with Gasteiger partial charge in [0.05, 0.1) is 7.11 Å². The molecule has 2 nitrogen and oxygen atoms in total. The molecule has 2 rings (SSSR count). The Morgan fingerprint density at radius 3 is 2.67 bits per heavy atom. The summed E-state index contributed by atoms with van der Waals surface area (Å²) in [5.74, 6) is 1.85. The fraction of sp³-hybridized carbons (Fsp3) is 0.625. The molecule has 1 aromatic rings. The van der Waals surface area contributed by atoms with Gasteiger partial charge in [0.2, 0.25) is 0 Å². The normalized spacial score (nSPS) is 28.1. The number of methoxy groups -OCH3 is 1. The van der Waals surface area contributed by atoms with Crippen molar-refractivity contribution in [3.05, 3.63) is 29.8 Å². The van der Waals surface area contributed by atoms with E-state index >= 15 is 0 Å². The minimum absolute atomic E-state index is 0.593. The summed E-state index contributed by atoms with van der Waals surface area (Å²) >= 11 is 0. The van der Waals surface area contributed by atoms with Gasteiger partial charge in [-0.05, 0) is 43.2 Å². The summed E-state index contributed by atoms with van der Waals surface area (Å²) in [7, 11) is 1.75. The number of hydrogen-bond donors (Lipinski definition) is 1. The highest BCUT2D eigenvalue weighted by Crippen LogP contribution is 2.26. The topological polar surface area (TPSA) is 21.3 Å². The zero-order valence-corrected chi connectivity index (χ0v) is 11.8. The van der Waals surface area contributed by atoms with E-state index in [1.54, 1.807) is 7.11 Å². The molecule has 1 saturated heterocycles. The minimum Gasteiger partial charge on any atom is -0.496 e. The molecule has 2 heteroatoms. The first-order valence-electron chi connectivity index (χ1n) is 7.10. The van der Waals surface area contributed by atoms with Crippen molar-refractivity contribution in [1.29, 1.82) is 0 Å².